The predicted molar refractivity (Wildman–Crippen MR) is 120 cm³/mol. The minimum Gasteiger partial charge on any atom is -0.391 e. The van der Waals surface area contributed by atoms with Gasteiger partial charge >= 0.3 is 0 Å². The number of alkyl halides is 1. The molecule has 1 amide bonds. The van der Waals surface area contributed by atoms with E-state index in [0.29, 0.717) is 34.0 Å². The number of aromatic nitrogens is 4. The largest absolute Gasteiger partial charge is 0.391 e. The molecule has 0 spiro atoms. The van der Waals surface area contributed by atoms with Crippen molar-refractivity contribution >= 4 is 28.8 Å². The lowest BCUT2D eigenvalue weighted by molar-refractivity contribution is -0.00177. The van der Waals surface area contributed by atoms with Crippen molar-refractivity contribution in [2.75, 3.05) is 18.4 Å². The highest BCUT2D eigenvalue weighted by Gasteiger charge is 2.27. The summed E-state index contributed by atoms with van der Waals surface area (Å²) in [6.07, 6.45) is 4.33. The van der Waals surface area contributed by atoms with Gasteiger partial charge in [0, 0.05) is 18.9 Å². The molecule has 0 unspecified atom stereocenters. The standard InChI is InChI=1S/C21H26ClFN6O3/c1-4-13(30)7-24-17-5-16(14-9-28-29-11-12(22)6-26-19(14)29)25-8-15(17)20(31)27-10-18(23)21(2,3)32/h5-6,8-9,11,13,18,30,32H,4,7,10H2,1-3H3,(H,24,25)(H,27,31)/t13-,18+/m0/s1. The van der Waals surface area contributed by atoms with Crippen LogP contribution in [0.15, 0.2) is 30.9 Å². The number of carbonyl (C=O) groups is 1. The van der Waals surface area contributed by atoms with E-state index in [1.54, 1.807) is 18.5 Å². The maximum atomic E-state index is 14.1. The second-order valence-corrected chi connectivity index (χ2v) is 8.42. The molecule has 11 heteroatoms. The zero-order chi connectivity index (χ0) is 23.5. The summed E-state index contributed by atoms with van der Waals surface area (Å²) in [6.45, 7) is 4.34. The third kappa shape index (κ3) is 5.50. The summed E-state index contributed by atoms with van der Waals surface area (Å²) in [5.41, 5.74) is 0.656. The van der Waals surface area contributed by atoms with Crippen LogP contribution in [-0.4, -0.2) is 66.7 Å². The van der Waals surface area contributed by atoms with E-state index in [4.69, 9.17) is 11.6 Å². The van der Waals surface area contributed by atoms with Crippen LogP contribution in [0.4, 0.5) is 10.1 Å². The summed E-state index contributed by atoms with van der Waals surface area (Å²) in [4.78, 5) is 21.4. The molecule has 4 N–H and O–H groups in total. The van der Waals surface area contributed by atoms with Crippen molar-refractivity contribution < 1.29 is 19.4 Å². The molecule has 32 heavy (non-hydrogen) atoms. The molecular formula is C21H26ClFN6O3. The number of hydrogen-bond acceptors (Lipinski definition) is 7. The number of nitrogens with zero attached hydrogens (tertiary/aromatic N) is 4. The normalized spacial score (nSPS) is 13.7. The molecule has 3 rings (SSSR count). The molecule has 0 fully saturated rings. The second-order valence-electron chi connectivity index (χ2n) is 7.99. The van der Waals surface area contributed by atoms with Crippen LogP contribution >= 0.6 is 11.6 Å². The Bertz CT molecular complexity index is 1100. The van der Waals surface area contributed by atoms with Crippen LogP contribution in [0.5, 0.6) is 0 Å². The van der Waals surface area contributed by atoms with Gasteiger partial charge in [0.05, 0.1) is 58.2 Å². The number of nitrogens with one attached hydrogen (secondary N) is 2. The Morgan fingerprint density at radius 2 is 2.03 bits per heavy atom. The zero-order valence-corrected chi connectivity index (χ0v) is 18.8. The van der Waals surface area contributed by atoms with Crippen LogP contribution in [0.3, 0.4) is 0 Å². The molecule has 0 bridgehead atoms. The molecule has 0 saturated carbocycles. The highest BCUT2D eigenvalue weighted by Crippen LogP contribution is 2.27. The molecule has 0 saturated heterocycles. The van der Waals surface area contributed by atoms with Gasteiger partial charge in [0.15, 0.2) is 5.65 Å². The average molecular weight is 465 g/mol. The van der Waals surface area contributed by atoms with E-state index in [1.165, 1.54) is 30.8 Å². The lowest BCUT2D eigenvalue weighted by Gasteiger charge is -2.22. The average Bonchev–Trinajstić information content (AvgIpc) is 3.17. The number of amides is 1. The second kappa shape index (κ2) is 9.76. The van der Waals surface area contributed by atoms with E-state index in [-0.39, 0.29) is 18.7 Å². The molecule has 0 aliphatic carbocycles. The highest BCUT2D eigenvalue weighted by atomic mass is 35.5. The summed E-state index contributed by atoms with van der Waals surface area (Å²) in [7, 11) is 0. The van der Waals surface area contributed by atoms with E-state index < -0.39 is 23.8 Å². The maximum Gasteiger partial charge on any atom is 0.255 e. The summed E-state index contributed by atoms with van der Waals surface area (Å²) in [5.74, 6) is -0.561. The minimum atomic E-state index is -1.64. The third-order valence-electron chi connectivity index (χ3n) is 4.96. The van der Waals surface area contributed by atoms with E-state index in [0.717, 1.165) is 0 Å². The number of halogens is 2. The first-order chi connectivity index (χ1) is 15.1. The molecule has 172 valence electrons. The van der Waals surface area contributed by atoms with Gasteiger partial charge in [-0.25, -0.2) is 13.9 Å². The van der Waals surface area contributed by atoms with Crippen LogP contribution in [0.1, 0.15) is 37.6 Å². The number of rotatable bonds is 9. The van der Waals surface area contributed by atoms with E-state index in [9.17, 15) is 19.4 Å². The topological polar surface area (TPSA) is 125 Å². The van der Waals surface area contributed by atoms with Gasteiger partial charge in [-0.05, 0) is 26.3 Å². The summed E-state index contributed by atoms with van der Waals surface area (Å²) in [5, 5.41) is 29.9. The highest BCUT2D eigenvalue weighted by molar-refractivity contribution is 6.30. The fourth-order valence-electron chi connectivity index (χ4n) is 2.86. The number of hydrogen-bond donors (Lipinski definition) is 4. The Kier molecular flexibility index (Phi) is 7.27. The van der Waals surface area contributed by atoms with Crippen molar-refractivity contribution in [3.05, 3.63) is 41.4 Å². The van der Waals surface area contributed by atoms with Crippen LogP contribution in [0.25, 0.3) is 16.9 Å². The summed E-state index contributed by atoms with van der Waals surface area (Å²) < 4.78 is 15.6. The Morgan fingerprint density at radius 1 is 1.28 bits per heavy atom. The fraction of sp³-hybridized carbons (Fsp3) is 0.429. The number of aliphatic hydroxyl groups excluding tert-OH is 1. The van der Waals surface area contributed by atoms with Crippen molar-refractivity contribution in [3.8, 4) is 11.3 Å². The van der Waals surface area contributed by atoms with Gasteiger partial charge in [-0.3, -0.25) is 9.78 Å². The predicted octanol–water partition coefficient (Wildman–Crippen LogP) is 2.47. The molecule has 0 aliphatic heterocycles. The molecule has 0 aromatic carbocycles. The number of aliphatic hydroxyl groups is 2. The Balaban J connectivity index is 1.92. The lowest BCUT2D eigenvalue weighted by Crippen LogP contribution is -2.42. The number of pyridine rings is 1. The number of anilines is 1. The van der Waals surface area contributed by atoms with Gasteiger partial charge < -0.3 is 20.8 Å². The molecule has 3 heterocycles. The van der Waals surface area contributed by atoms with Crippen molar-refractivity contribution in [1.29, 1.82) is 0 Å². The van der Waals surface area contributed by atoms with Crippen LogP contribution in [-0.2, 0) is 0 Å². The quantitative estimate of drug-likeness (QED) is 0.383. The monoisotopic (exact) mass is 464 g/mol. The lowest BCUT2D eigenvalue weighted by atomic mass is 10.0. The Morgan fingerprint density at radius 3 is 2.72 bits per heavy atom. The van der Waals surface area contributed by atoms with Gasteiger partial charge in [-0.1, -0.05) is 18.5 Å². The first-order valence-electron chi connectivity index (χ1n) is 10.2. The maximum absolute atomic E-state index is 14.1. The Labute approximate surface area is 189 Å². The van der Waals surface area contributed by atoms with Crippen LogP contribution < -0.4 is 10.6 Å². The molecule has 2 atom stereocenters. The number of carbonyl (C=O) groups excluding carboxylic acids is 1. The van der Waals surface area contributed by atoms with Crippen LogP contribution in [0.2, 0.25) is 5.02 Å². The van der Waals surface area contributed by atoms with E-state index >= 15 is 0 Å². The van der Waals surface area contributed by atoms with Gasteiger partial charge in [0.1, 0.15) is 6.17 Å². The smallest absolute Gasteiger partial charge is 0.255 e. The fourth-order valence-corrected chi connectivity index (χ4v) is 3.00. The SMILES string of the molecule is CC[C@H](O)CNc1cc(-c2cnn3cc(Cl)cnc23)ncc1C(=O)NC[C@@H](F)C(C)(C)O. The van der Waals surface area contributed by atoms with Gasteiger partial charge in [-0.2, -0.15) is 5.10 Å². The van der Waals surface area contributed by atoms with Crippen molar-refractivity contribution in [2.24, 2.45) is 0 Å². The van der Waals surface area contributed by atoms with Gasteiger partial charge in [0.2, 0.25) is 0 Å². The van der Waals surface area contributed by atoms with Gasteiger partial charge in [0.25, 0.3) is 5.91 Å². The molecule has 0 radical (unpaired) electrons. The number of fused-ring (bicyclic) bond motifs is 1. The molecular weight excluding hydrogens is 439 g/mol. The minimum absolute atomic E-state index is 0.174. The zero-order valence-electron chi connectivity index (χ0n) is 18.0. The van der Waals surface area contributed by atoms with E-state index in [1.807, 2.05) is 6.92 Å². The third-order valence-corrected chi connectivity index (χ3v) is 5.15. The summed E-state index contributed by atoms with van der Waals surface area (Å²) in [6, 6.07) is 1.65. The van der Waals surface area contributed by atoms with Gasteiger partial charge in [-0.15, -0.1) is 0 Å². The van der Waals surface area contributed by atoms with Crippen molar-refractivity contribution in [3.63, 3.8) is 0 Å². The molecule has 0 aliphatic rings. The van der Waals surface area contributed by atoms with E-state index in [2.05, 4.69) is 25.7 Å². The molecule has 3 aromatic rings. The molecule has 3 aromatic heterocycles. The summed E-state index contributed by atoms with van der Waals surface area (Å²) >= 11 is 5.96. The Hall–Kier alpha value is -2.82. The first kappa shape index (κ1) is 23.8. The van der Waals surface area contributed by atoms with Crippen LogP contribution in [0, 0.1) is 0 Å². The van der Waals surface area contributed by atoms with Crippen molar-refractivity contribution in [2.45, 2.75) is 45.1 Å². The first-order valence-corrected chi connectivity index (χ1v) is 10.5. The van der Waals surface area contributed by atoms with Crippen molar-refractivity contribution in [1.82, 2.24) is 24.9 Å². The molecule has 9 nitrogen and oxygen atoms in total.